The highest BCUT2D eigenvalue weighted by Crippen LogP contribution is 2.48. The third kappa shape index (κ3) is 2.53. The van der Waals surface area contributed by atoms with E-state index in [1.54, 1.807) is 36.4 Å². The van der Waals surface area contributed by atoms with Gasteiger partial charge in [0.2, 0.25) is 0 Å². The second-order valence-corrected chi connectivity index (χ2v) is 5.31. The molecule has 1 aliphatic rings. The van der Waals surface area contributed by atoms with Gasteiger partial charge in [0.1, 0.15) is 11.3 Å². The van der Waals surface area contributed by atoms with Crippen LogP contribution in [0.4, 0.5) is 0 Å². The molecule has 0 saturated carbocycles. The number of fused-ring (bicyclic) bond motifs is 2. The topological polar surface area (TPSA) is 75.0 Å². The lowest BCUT2D eigenvalue weighted by Crippen LogP contribution is -2.08. The Balaban J connectivity index is 1.87. The maximum Gasteiger partial charge on any atom is 0.341 e. The van der Waals surface area contributed by atoms with Crippen molar-refractivity contribution in [1.82, 2.24) is 0 Å². The van der Waals surface area contributed by atoms with Crippen molar-refractivity contribution < 1.29 is 28.2 Å². The number of carbonyl (C=O) groups is 2. The molecule has 25 heavy (non-hydrogen) atoms. The largest absolute Gasteiger partial charge is 0.465 e. The van der Waals surface area contributed by atoms with Gasteiger partial charge in [0.15, 0.2) is 35.0 Å². The molecule has 0 atom stereocenters. The standard InChI is InChI=1S/C19H12O6/c1-22-19(21)13-8-11(14-7-6-12(10-20)23-14)9-17-18(13)25-16-5-3-2-4-15(16)24-17/h2-10H,1H3. The summed E-state index contributed by atoms with van der Waals surface area (Å²) in [5.41, 5.74) is 0.767. The van der Waals surface area contributed by atoms with Crippen molar-refractivity contribution in [2.75, 3.05) is 7.11 Å². The van der Waals surface area contributed by atoms with E-state index >= 15 is 0 Å². The van der Waals surface area contributed by atoms with E-state index in [2.05, 4.69) is 0 Å². The van der Waals surface area contributed by atoms with Gasteiger partial charge >= 0.3 is 5.97 Å². The molecule has 6 heteroatoms. The molecule has 0 amide bonds. The number of aldehydes is 1. The number of carbonyl (C=O) groups excluding carboxylic acids is 2. The van der Waals surface area contributed by atoms with Gasteiger partial charge in [-0.15, -0.1) is 0 Å². The smallest absolute Gasteiger partial charge is 0.341 e. The molecule has 4 rings (SSSR count). The van der Waals surface area contributed by atoms with E-state index in [1.165, 1.54) is 7.11 Å². The van der Waals surface area contributed by atoms with Crippen LogP contribution in [0.1, 0.15) is 20.9 Å². The van der Waals surface area contributed by atoms with E-state index in [0.29, 0.717) is 34.9 Å². The molecule has 6 nitrogen and oxygen atoms in total. The minimum absolute atomic E-state index is 0.190. The average molecular weight is 336 g/mol. The SMILES string of the molecule is COC(=O)c1cc(-c2ccc(C=O)o2)cc2c1Oc1ccccc1O2. The van der Waals surface area contributed by atoms with Gasteiger partial charge in [-0.25, -0.2) is 4.79 Å². The zero-order chi connectivity index (χ0) is 17.4. The van der Waals surface area contributed by atoms with Crippen LogP contribution in [0, 0.1) is 0 Å². The minimum Gasteiger partial charge on any atom is -0.465 e. The molecule has 0 unspecified atom stereocenters. The number of hydrogen-bond acceptors (Lipinski definition) is 6. The molecule has 0 bridgehead atoms. The zero-order valence-electron chi connectivity index (χ0n) is 13.1. The van der Waals surface area contributed by atoms with Gasteiger partial charge in [-0.1, -0.05) is 12.1 Å². The quantitative estimate of drug-likeness (QED) is 0.406. The van der Waals surface area contributed by atoms with Crippen LogP contribution in [-0.2, 0) is 4.74 Å². The van der Waals surface area contributed by atoms with Crippen LogP contribution in [0.25, 0.3) is 11.3 Å². The Hall–Kier alpha value is -3.54. The fourth-order valence-electron chi connectivity index (χ4n) is 2.61. The zero-order valence-corrected chi connectivity index (χ0v) is 13.1. The molecule has 1 aromatic heterocycles. The first-order valence-corrected chi connectivity index (χ1v) is 7.46. The van der Waals surface area contributed by atoms with Gasteiger partial charge in [0.05, 0.1) is 7.11 Å². The fraction of sp³-hybridized carbons (Fsp3) is 0.0526. The van der Waals surface area contributed by atoms with E-state index in [1.807, 2.05) is 12.1 Å². The van der Waals surface area contributed by atoms with Crippen molar-refractivity contribution in [3.63, 3.8) is 0 Å². The molecule has 3 aromatic rings. The number of para-hydroxylation sites is 2. The van der Waals surface area contributed by atoms with Gasteiger partial charge in [0.25, 0.3) is 0 Å². The maximum atomic E-state index is 12.2. The van der Waals surface area contributed by atoms with E-state index in [0.717, 1.165) is 0 Å². The van der Waals surface area contributed by atoms with E-state index < -0.39 is 5.97 Å². The monoisotopic (exact) mass is 336 g/mol. The van der Waals surface area contributed by atoms with Gasteiger partial charge < -0.3 is 18.6 Å². The van der Waals surface area contributed by atoms with Crippen LogP contribution in [0.5, 0.6) is 23.0 Å². The summed E-state index contributed by atoms with van der Waals surface area (Å²) in [7, 11) is 1.29. The van der Waals surface area contributed by atoms with Gasteiger partial charge in [-0.3, -0.25) is 4.79 Å². The van der Waals surface area contributed by atoms with Crippen molar-refractivity contribution in [3.05, 3.63) is 59.9 Å². The summed E-state index contributed by atoms with van der Waals surface area (Å²) < 4.78 is 22.0. The maximum absolute atomic E-state index is 12.2. The second-order valence-electron chi connectivity index (χ2n) is 5.31. The Morgan fingerprint density at radius 1 is 1.00 bits per heavy atom. The number of methoxy groups -OCH3 is 1. The lowest BCUT2D eigenvalue weighted by Gasteiger charge is -2.22. The summed E-state index contributed by atoms with van der Waals surface area (Å²) in [6.07, 6.45) is 0.610. The van der Waals surface area contributed by atoms with Crippen molar-refractivity contribution >= 4 is 12.3 Å². The molecule has 0 fully saturated rings. The van der Waals surface area contributed by atoms with E-state index in [4.69, 9.17) is 18.6 Å². The number of rotatable bonds is 3. The Labute approximate surface area is 142 Å². The van der Waals surface area contributed by atoms with Crippen LogP contribution in [0.2, 0.25) is 0 Å². The van der Waals surface area contributed by atoms with Crippen LogP contribution in [0.15, 0.2) is 52.9 Å². The van der Waals surface area contributed by atoms with Crippen LogP contribution < -0.4 is 9.47 Å². The fourth-order valence-corrected chi connectivity index (χ4v) is 2.61. The molecule has 2 heterocycles. The minimum atomic E-state index is -0.566. The summed E-state index contributed by atoms with van der Waals surface area (Å²) in [4.78, 5) is 23.0. The van der Waals surface area contributed by atoms with Crippen molar-refractivity contribution in [2.24, 2.45) is 0 Å². The Kier molecular flexibility index (Phi) is 3.50. The highest BCUT2D eigenvalue weighted by molar-refractivity contribution is 5.96. The summed E-state index contributed by atoms with van der Waals surface area (Å²) in [6.45, 7) is 0. The van der Waals surface area contributed by atoms with Crippen LogP contribution in [-0.4, -0.2) is 19.4 Å². The molecule has 0 radical (unpaired) electrons. The summed E-state index contributed by atoms with van der Waals surface area (Å²) >= 11 is 0. The first kappa shape index (κ1) is 15.0. The lowest BCUT2D eigenvalue weighted by molar-refractivity contribution is 0.0596. The predicted molar refractivity (Wildman–Crippen MR) is 87.5 cm³/mol. The summed E-state index contributed by atoms with van der Waals surface area (Å²) in [6, 6.07) is 13.6. The molecule has 0 aliphatic carbocycles. The number of ether oxygens (including phenoxy) is 3. The number of furan rings is 1. The molecular weight excluding hydrogens is 324 g/mol. The molecule has 1 aliphatic heterocycles. The number of esters is 1. The molecule has 2 aromatic carbocycles. The molecule has 124 valence electrons. The van der Waals surface area contributed by atoms with Crippen molar-refractivity contribution in [2.45, 2.75) is 0 Å². The van der Waals surface area contributed by atoms with E-state index in [-0.39, 0.29) is 17.1 Å². The molecule has 0 saturated heterocycles. The van der Waals surface area contributed by atoms with E-state index in [9.17, 15) is 9.59 Å². The lowest BCUT2D eigenvalue weighted by atomic mass is 10.1. The third-order valence-corrected chi connectivity index (χ3v) is 3.77. The number of benzene rings is 2. The Morgan fingerprint density at radius 2 is 1.76 bits per heavy atom. The average Bonchev–Trinajstić information content (AvgIpc) is 3.14. The second kappa shape index (κ2) is 5.83. The Morgan fingerprint density at radius 3 is 2.44 bits per heavy atom. The first-order valence-electron chi connectivity index (χ1n) is 7.46. The molecule has 0 N–H and O–H groups in total. The predicted octanol–water partition coefficient (Wildman–Crippen LogP) is 4.44. The highest BCUT2D eigenvalue weighted by Gasteiger charge is 2.27. The van der Waals surface area contributed by atoms with Gasteiger partial charge in [0, 0.05) is 5.56 Å². The first-order chi connectivity index (χ1) is 12.2. The van der Waals surface area contributed by atoms with Gasteiger partial charge in [-0.2, -0.15) is 0 Å². The normalized spacial score (nSPS) is 11.6. The van der Waals surface area contributed by atoms with Crippen LogP contribution >= 0.6 is 0 Å². The van der Waals surface area contributed by atoms with Crippen LogP contribution in [0.3, 0.4) is 0 Å². The highest BCUT2D eigenvalue weighted by atomic mass is 16.6. The van der Waals surface area contributed by atoms with Gasteiger partial charge in [-0.05, 0) is 36.4 Å². The molecular formula is C19H12O6. The molecule has 0 spiro atoms. The number of hydrogen-bond donors (Lipinski definition) is 0. The van der Waals surface area contributed by atoms with Crippen molar-refractivity contribution in [3.8, 4) is 34.3 Å². The Bertz CT molecular complexity index is 985. The summed E-state index contributed by atoms with van der Waals surface area (Å²) in [5, 5.41) is 0. The summed E-state index contributed by atoms with van der Waals surface area (Å²) in [5.74, 6) is 1.73. The van der Waals surface area contributed by atoms with Crippen molar-refractivity contribution in [1.29, 1.82) is 0 Å². The third-order valence-electron chi connectivity index (χ3n) is 3.77.